The third kappa shape index (κ3) is 7.87. The first-order valence-electron chi connectivity index (χ1n) is 21.0. The van der Waals surface area contributed by atoms with Crippen molar-refractivity contribution >= 4 is 54.0 Å². The number of rotatable bonds is 12. The van der Waals surface area contributed by atoms with Crippen LogP contribution in [0.15, 0.2) is 127 Å². The van der Waals surface area contributed by atoms with E-state index in [-0.39, 0.29) is 54.8 Å². The van der Waals surface area contributed by atoms with Crippen LogP contribution in [0.25, 0.3) is 0 Å². The van der Waals surface area contributed by atoms with E-state index < -0.39 is 25.7 Å². The highest BCUT2D eigenvalue weighted by Crippen LogP contribution is 2.60. The lowest BCUT2D eigenvalue weighted by Crippen LogP contribution is -2.52. The lowest BCUT2D eigenvalue weighted by Gasteiger charge is -2.37. The van der Waals surface area contributed by atoms with Crippen molar-refractivity contribution in [2.45, 2.75) is 69.1 Å². The highest BCUT2D eigenvalue weighted by atomic mass is 28.3. The molecule has 3 aliphatic heterocycles. The number of carbonyl (C=O) groups is 4. The van der Waals surface area contributed by atoms with Gasteiger partial charge in [0.1, 0.15) is 5.75 Å². The molecule has 0 saturated carbocycles. The van der Waals surface area contributed by atoms with Gasteiger partial charge in [-0.05, 0) is 90.7 Å². The number of anilines is 3. The number of aliphatic hydroxyl groups excluding tert-OH is 1. The quantitative estimate of drug-likeness (QED) is 0.112. The van der Waals surface area contributed by atoms with Gasteiger partial charge in [0, 0.05) is 40.5 Å². The normalized spacial score (nSPS) is 22.0. The number of likely N-dealkylation sites (tertiary alicyclic amines) is 1. The maximum atomic E-state index is 15.5. The Labute approximate surface area is 357 Å². The molecule has 2 fully saturated rings. The van der Waals surface area contributed by atoms with Gasteiger partial charge in [-0.1, -0.05) is 85.9 Å². The topological polar surface area (TPSA) is 138 Å². The number of benzene rings is 5. The Hall–Kier alpha value is -6.08. The second-order valence-corrected chi connectivity index (χ2v) is 21.6. The summed E-state index contributed by atoms with van der Waals surface area (Å²) in [4.78, 5) is 59.7. The molecule has 0 aromatic heterocycles. The Morgan fingerprint density at radius 3 is 2.05 bits per heavy atom. The number of nitrogens with one attached hydrogen (secondary N) is 2. The van der Waals surface area contributed by atoms with Crippen molar-refractivity contribution in [3.05, 3.63) is 150 Å². The molecule has 12 heteroatoms. The summed E-state index contributed by atoms with van der Waals surface area (Å²) in [5, 5.41) is 17.3. The number of carbonyl (C=O) groups excluding carboxylic acids is 4. The van der Waals surface area contributed by atoms with Crippen molar-refractivity contribution in [3.8, 4) is 5.75 Å². The zero-order chi connectivity index (χ0) is 42.9. The minimum absolute atomic E-state index is 0.0586. The van der Waals surface area contributed by atoms with Crippen molar-refractivity contribution < 1.29 is 33.8 Å². The molecule has 8 rings (SSSR count). The predicted octanol–water partition coefficient (Wildman–Crippen LogP) is 7.34. The minimum atomic E-state index is -2.58. The Morgan fingerprint density at radius 2 is 1.44 bits per heavy atom. The van der Waals surface area contributed by atoms with Gasteiger partial charge >= 0.3 is 0 Å². The Kier molecular flexibility index (Phi) is 11.7. The van der Waals surface area contributed by atoms with Crippen LogP contribution >= 0.6 is 0 Å². The fourth-order valence-electron chi connectivity index (χ4n) is 9.85. The van der Waals surface area contributed by atoms with Crippen molar-refractivity contribution in [2.75, 3.05) is 35.8 Å². The lowest BCUT2D eigenvalue weighted by molar-refractivity contribution is -0.150. The first-order valence-corrected chi connectivity index (χ1v) is 24.0. The second kappa shape index (κ2) is 17.1. The van der Waals surface area contributed by atoms with Crippen LogP contribution in [0.5, 0.6) is 5.75 Å². The summed E-state index contributed by atoms with van der Waals surface area (Å²) in [6, 6.07) is 38.7. The van der Waals surface area contributed by atoms with Crippen molar-refractivity contribution in [1.29, 1.82) is 0 Å². The average molecular weight is 837 g/mol. The monoisotopic (exact) mass is 836 g/mol. The zero-order valence-corrected chi connectivity index (χ0v) is 36.0. The van der Waals surface area contributed by atoms with E-state index in [2.05, 4.69) is 42.8 Å². The van der Waals surface area contributed by atoms with Gasteiger partial charge in [0.2, 0.25) is 5.91 Å². The number of methoxy groups -OCH3 is 1. The first-order chi connectivity index (χ1) is 29.4. The van der Waals surface area contributed by atoms with E-state index in [4.69, 9.17) is 9.47 Å². The maximum absolute atomic E-state index is 15.5. The van der Waals surface area contributed by atoms with Crippen LogP contribution in [0, 0.1) is 5.92 Å². The van der Waals surface area contributed by atoms with Crippen molar-refractivity contribution in [3.63, 3.8) is 0 Å². The van der Waals surface area contributed by atoms with E-state index >= 15 is 4.79 Å². The first kappa shape index (κ1) is 41.6. The van der Waals surface area contributed by atoms with Crippen molar-refractivity contribution in [1.82, 2.24) is 4.90 Å². The molecule has 3 aliphatic rings. The molecule has 5 aromatic carbocycles. The van der Waals surface area contributed by atoms with Gasteiger partial charge in [-0.3, -0.25) is 19.2 Å². The molecule has 314 valence electrons. The van der Waals surface area contributed by atoms with Crippen LogP contribution in [0.2, 0.25) is 18.6 Å². The summed E-state index contributed by atoms with van der Waals surface area (Å²) in [5.74, 6) is -0.495. The summed E-state index contributed by atoms with van der Waals surface area (Å²) in [6.45, 7) is 7.29. The van der Waals surface area contributed by atoms with E-state index in [9.17, 15) is 19.5 Å². The van der Waals surface area contributed by atoms with Crippen LogP contribution < -0.4 is 25.5 Å². The molecule has 3 heterocycles. The zero-order valence-electron chi connectivity index (χ0n) is 35.0. The fourth-order valence-corrected chi connectivity index (χ4v) is 13.9. The van der Waals surface area contributed by atoms with Crippen LogP contribution in [-0.2, 0) is 26.5 Å². The van der Waals surface area contributed by atoms with Gasteiger partial charge in [0.25, 0.3) is 17.7 Å². The maximum Gasteiger partial charge on any atom is 0.264 e. The van der Waals surface area contributed by atoms with E-state index in [1.807, 2.05) is 84.9 Å². The standard InChI is InChI=1S/C49H52N4O7Si/c1-32-45(61(3,4)40-24-22-39(59-2)23-25-40)43(29-44(55)52-27-11-16-38(52)31-54)60-49(32)41-28-37(51-47(57)35-14-9-6-10-15-35)21-26-42(41)53(48(49)58)30-33-17-19-36(20-18-33)50-46(56)34-12-7-5-8-13-34/h5-10,12-15,17-26,28,32,38,43,45,54H,11,16,27,29-31H2,1-4H3,(H,50,56)(H,51,57)/t32-,38-,43+,45-,49+/m0/s1. The number of ether oxygens (including phenoxy) is 2. The van der Waals surface area contributed by atoms with E-state index in [0.717, 1.165) is 29.3 Å². The van der Waals surface area contributed by atoms with Gasteiger partial charge in [0.05, 0.1) is 52.6 Å². The van der Waals surface area contributed by atoms with Gasteiger partial charge < -0.3 is 35.0 Å². The molecule has 2 saturated heterocycles. The third-order valence-electron chi connectivity index (χ3n) is 13.0. The molecule has 4 amide bonds. The molecule has 0 aliphatic carbocycles. The summed E-state index contributed by atoms with van der Waals surface area (Å²) in [6.07, 6.45) is 0.987. The smallest absolute Gasteiger partial charge is 0.264 e. The molecule has 0 bridgehead atoms. The van der Waals surface area contributed by atoms with Crippen LogP contribution in [-0.4, -0.2) is 74.1 Å². The summed E-state index contributed by atoms with van der Waals surface area (Å²) in [7, 11) is -0.948. The van der Waals surface area contributed by atoms with Gasteiger partial charge in [0.15, 0.2) is 5.60 Å². The molecule has 5 aromatic rings. The molecular formula is C49H52N4O7Si. The van der Waals surface area contributed by atoms with Gasteiger partial charge in [-0.2, -0.15) is 0 Å². The molecule has 11 nitrogen and oxygen atoms in total. The number of hydrogen-bond acceptors (Lipinski definition) is 7. The minimum Gasteiger partial charge on any atom is -0.497 e. The molecule has 1 spiro atoms. The molecule has 3 N–H and O–H groups in total. The number of fused-ring (bicyclic) bond motifs is 2. The highest BCUT2D eigenvalue weighted by Gasteiger charge is 2.66. The van der Waals surface area contributed by atoms with Crippen LogP contribution in [0.1, 0.15) is 58.0 Å². The van der Waals surface area contributed by atoms with Crippen LogP contribution in [0.4, 0.5) is 17.1 Å². The molecule has 0 unspecified atom stereocenters. The van der Waals surface area contributed by atoms with Crippen molar-refractivity contribution in [2.24, 2.45) is 5.92 Å². The molecule has 5 atom stereocenters. The fraction of sp³-hybridized carbons (Fsp3) is 0.306. The lowest BCUT2D eigenvalue weighted by atomic mass is 9.82. The van der Waals surface area contributed by atoms with E-state index in [1.165, 1.54) is 0 Å². The summed E-state index contributed by atoms with van der Waals surface area (Å²) < 4.78 is 12.8. The second-order valence-electron chi connectivity index (χ2n) is 16.9. The Bertz CT molecular complexity index is 2410. The number of hydrogen-bond donors (Lipinski definition) is 3. The van der Waals surface area contributed by atoms with Gasteiger partial charge in [-0.25, -0.2) is 0 Å². The van der Waals surface area contributed by atoms with Gasteiger partial charge in [-0.15, -0.1) is 0 Å². The molecule has 61 heavy (non-hydrogen) atoms. The SMILES string of the molecule is COc1ccc([Si](C)(C)[C@@H]2[C@@H](CC(=O)N3CCC[C@H]3CO)O[C@]3(C(=O)N(Cc4ccc(NC(=O)c5ccccc5)cc4)c4ccc(NC(=O)c5ccccc5)cc43)[C@H]2C)cc1. The third-order valence-corrected chi connectivity index (χ3v) is 17.4. The van der Waals surface area contributed by atoms with E-state index in [0.29, 0.717) is 40.3 Å². The number of nitrogens with zero attached hydrogens (tertiary/aromatic N) is 2. The summed E-state index contributed by atoms with van der Waals surface area (Å²) >= 11 is 0. The Balaban J connectivity index is 1.18. The predicted molar refractivity (Wildman–Crippen MR) is 239 cm³/mol. The highest BCUT2D eigenvalue weighted by molar-refractivity contribution is 6.91. The number of aliphatic hydroxyl groups is 1. The largest absolute Gasteiger partial charge is 0.497 e. The number of amides is 4. The van der Waals surface area contributed by atoms with E-state index in [1.54, 1.807) is 47.2 Å². The molecule has 0 radical (unpaired) electrons. The average Bonchev–Trinajstić information content (AvgIpc) is 3.95. The summed E-state index contributed by atoms with van der Waals surface area (Å²) in [5.41, 5.74) is 2.62. The Morgan fingerprint density at radius 1 is 0.836 bits per heavy atom. The molecular weight excluding hydrogens is 785 g/mol. The van der Waals surface area contributed by atoms with Crippen LogP contribution in [0.3, 0.4) is 0 Å².